The van der Waals surface area contributed by atoms with Crippen LogP contribution >= 0.6 is 0 Å². The molecule has 0 aromatic carbocycles. The molecule has 0 radical (unpaired) electrons. The zero-order chi connectivity index (χ0) is 7.82. The summed E-state index contributed by atoms with van der Waals surface area (Å²) in [6.45, 7) is 8.40. The van der Waals surface area contributed by atoms with Gasteiger partial charge in [-0.2, -0.15) is 5.92 Å². The quantitative estimate of drug-likeness (QED) is 0.297. The molecule has 0 bridgehead atoms. The van der Waals surface area contributed by atoms with Crippen LogP contribution in [0, 0.1) is 12.8 Å². The average molecular weight is 148 g/mol. The summed E-state index contributed by atoms with van der Waals surface area (Å²) in [5.41, 5.74) is 0. The third kappa shape index (κ3) is 13.6. The van der Waals surface area contributed by atoms with Crippen molar-refractivity contribution in [3.05, 3.63) is 6.92 Å². The fourth-order valence-electron chi connectivity index (χ4n) is 1.10. The Morgan fingerprint density at radius 1 is 1.09 bits per heavy atom. The zero-order valence-electron chi connectivity index (χ0n) is 8.53. The fraction of sp³-hybridized carbons (Fsp3) is 0.900. The first-order valence-corrected chi connectivity index (χ1v) is 4.60. The summed E-state index contributed by atoms with van der Waals surface area (Å²) in [7, 11) is 0. The van der Waals surface area contributed by atoms with Crippen molar-refractivity contribution >= 4 is 0 Å². The summed E-state index contributed by atoms with van der Waals surface area (Å²) >= 11 is 0. The van der Waals surface area contributed by atoms with Gasteiger partial charge in [-0.3, -0.25) is 0 Å². The minimum Gasteiger partial charge on any atom is -0.341 e. The van der Waals surface area contributed by atoms with Crippen LogP contribution in [0.2, 0.25) is 0 Å². The minimum absolute atomic E-state index is 0. The molecule has 1 heteroatoms. The van der Waals surface area contributed by atoms with Crippen LogP contribution in [0.3, 0.4) is 0 Å². The molecule has 1 atom stereocenters. The fourth-order valence-corrected chi connectivity index (χ4v) is 1.10. The molecular formula is C10H21Li. The van der Waals surface area contributed by atoms with Crippen LogP contribution in [0.4, 0.5) is 0 Å². The van der Waals surface area contributed by atoms with Gasteiger partial charge < -0.3 is 6.92 Å². The number of hydrogen-bond donors (Lipinski definition) is 0. The summed E-state index contributed by atoms with van der Waals surface area (Å²) in [4.78, 5) is 0. The van der Waals surface area contributed by atoms with E-state index in [4.69, 9.17) is 0 Å². The summed E-state index contributed by atoms with van der Waals surface area (Å²) in [6, 6.07) is 0. The Balaban J connectivity index is 0. The van der Waals surface area contributed by atoms with E-state index in [1.54, 1.807) is 0 Å². The molecule has 0 aliphatic rings. The van der Waals surface area contributed by atoms with Gasteiger partial charge in [0, 0.05) is 0 Å². The zero-order valence-corrected chi connectivity index (χ0v) is 8.53. The third-order valence-electron chi connectivity index (χ3n) is 1.80. The molecule has 0 aliphatic heterocycles. The van der Waals surface area contributed by atoms with E-state index < -0.39 is 0 Å². The Morgan fingerprint density at radius 3 is 2.09 bits per heavy atom. The van der Waals surface area contributed by atoms with Crippen LogP contribution < -0.4 is 18.9 Å². The predicted molar refractivity (Wildman–Crippen MR) is 47.9 cm³/mol. The van der Waals surface area contributed by atoms with Crippen molar-refractivity contribution in [1.82, 2.24) is 0 Å². The van der Waals surface area contributed by atoms with Gasteiger partial charge in [0.1, 0.15) is 0 Å². The molecule has 0 aromatic heterocycles. The molecule has 0 nitrogen and oxygen atoms in total. The standard InChI is InChI=1S/C10H21.Li/c1-4-5-6-7-8-9-10(2)3;/h10H,2,4-9H2,1,3H3;/q-1;+1. The molecule has 0 fully saturated rings. The van der Waals surface area contributed by atoms with Crippen LogP contribution in [0.5, 0.6) is 0 Å². The maximum atomic E-state index is 3.96. The molecule has 0 rings (SSSR count). The second-order valence-corrected chi connectivity index (χ2v) is 3.31. The van der Waals surface area contributed by atoms with Gasteiger partial charge in [0.25, 0.3) is 0 Å². The van der Waals surface area contributed by atoms with E-state index in [0.29, 0.717) is 5.92 Å². The van der Waals surface area contributed by atoms with Crippen molar-refractivity contribution in [3.8, 4) is 0 Å². The maximum Gasteiger partial charge on any atom is 1.00 e. The summed E-state index contributed by atoms with van der Waals surface area (Å²) in [5.74, 6) is 0.654. The van der Waals surface area contributed by atoms with Crippen molar-refractivity contribution in [2.24, 2.45) is 5.92 Å². The van der Waals surface area contributed by atoms with Crippen molar-refractivity contribution in [3.63, 3.8) is 0 Å². The predicted octanol–water partition coefficient (Wildman–Crippen LogP) is 0.821. The Hall–Kier alpha value is 0.597. The smallest absolute Gasteiger partial charge is 0.341 e. The summed E-state index contributed by atoms with van der Waals surface area (Å²) < 4.78 is 0. The first-order valence-electron chi connectivity index (χ1n) is 4.60. The third-order valence-corrected chi connectivity index (χ3v) is 1.80. The van der Waals surface area contributed by atoms with E-state index in [1.807, 2.05) is 0 Å². The molecule has 0 heterocycles. The largest absolute Gasteiger partial charge is 1.00 e. The van der Waals surface area contributed by atoms with Crippen molar-refractivity contribution in [1.29, 1.82) is 0 Å². The van der Waals surface area contributed by atoms with Crippen LogP contribution in [-0.4, -0.2) is 0 Å². The normalized spacial score (nSPS) is 12.3. The van der Waals surface area contributed by atoms with Crippen molar-refractivity contribution in [2.45, 2.75) is 52.4 Å². The Kier molecular flexibility index (Phi) is 13.6. The first kappa shape index (κ1) is 14.1. The number of hydrogen-bond acceptors (Lipinski definition) is 0. The van der Waals surface area contributed by atoms with Crippen molar-refractivity contribution in [2.75, 3.05) is 0 Å². The molecule has 0 saturated heterocycles. The SMILES string of the molecule is [CH2-]C(C)CCCCCCC.[Li+]. The van der Waals surface area contributed by atoms with Crippen LogP contribution in [-0.2, 0) is 0 Å². The molecule has 0 spiro atoms. The van der Waals surface area contributed by atoms with Gasteiger partial charge >= 0.3 is 18.9 Å². The van der Waals surface area contributed by atoms with Gasteiger partial charge in [-0.05, 0) is 0 Å². The number of rotatable bonds is 6. The van der Waals surface area contributed by atoms with Gasteiger partial charge in [0.15, 0.2) is 0 Å². The molecule has 0 aromatic rings. The Morgan fingerprint density at radius 2 is 1.64 bits per heavy atom. The molecule has 0 N–H and O–H groups in total. The average Bonchev–Trinajstić information content (AvgIpc) is 1.87. The van der Waals surface area contributed by atoms with Gasteiger partial charge in [-0.1, -0.05) is 52.4 Å². The van der Waals surface area contributed by atoms with Gasteiger partial charge in [-0.25, -0.2) is 0 Å². The van der Waals surface area contributed by atoms with Crippen LogP contribution in [0.15, 0.2) is 0 Å². The summed E-state index contributed by atoms with van der Waals surface area (Å²) in [5, 5.41) is 0. The van der Waals surface area contributed by atoms with E-state index in [-0.39, 0.29) is 18.9 Å². The topological polar surface area (TPSA) is 0 Å². The maximum absolute atomic E-state index is 3.96. The molecule has 0 saturated carbocycles. The van der Waals surface area contributed by atoms with E-state index in [2.05, 4.69) is 20.8 Å². The van der Waals surface area contributed by atoms with Gasteiger partial charge in [0.2, 0.25) is 0 Å². The molecule has 1 unspecified atom stereocenters. The second-order valence-electron chi connectivity index (χ2n) is 3.31. The van der Waals surface area contributed by atoms with Gasteiger partial charge in [-0.15, -0.1) is 0 Å². The van der Waals surface area contributed by atoms with E-state index in [1.165, 1.54) is 38.5 Å². The number of unbranched alkanes of at least 4 members (excludes halogenated alkanes) is 4. The monoisotopic (exact) mass is 148 g/mol. The molecule has 62 valence electrons. The van der Waals surface area contributed by atoms with Crippen molar-refractivity contribution < 1.29 is 18.9 Å². The van der Waals surface area contributed by atoms with E-state index in [9.17, 15) is 0 Å². The van der Waals surface area contributed by atoms with E-state index >= 15 is 0 Å². The first-order chi connectivity index (χ1) is 4.77. The van der Waals surface area contributed by atoms with E-state index in [0.717, 1.165) is 0 Å². The molecule has 0 aliphatic carbocycles. The van der Waals surface area contributed by atoms with Gasteiger partial charge in [0.05, 0.1) is 0 Å². The molecule has 11 heavy (non-hydrogen) atoms. The minimum atomic E-state index is 0. The second kappa shape index (κ2) is 10.6. The Labute approximate surface area is 84.3 Å². The summed E-state index contributed by atoms with van der Waals surface area (Å²) in [6.07, 6.45) is 8.27. The Bertz CT molecular complexity index is 59.9. The van der Waals surface area contributed by atoms with Crippen LogP contribution in [0.1, 0.15) is 52.4 Å². The molecular weight excluding hydrogens is 127 g/mol. The molecule has 0 amide bonds. The van der Waals surface area contributed by atoms with Crippen LogP contribution in [0.25, 0.3) is 0 Å².